The number of rotatable bonds is 6. The second-order valence-electron chi connectivity index (χ2n) is 4.78. The molecular weight excluding hydrogens is 245 g/mol. The fourth-order valence-electron chi connectivity index (χ4n) is 2.43. The van der Waals surface area contributed by atoms with Crippen LogP contribution in [0.4, 0.5) is 13.2 Å². The highest BCUT2D eigenvalue weighted by Gasteiger charge is 2.46. The van der Waals surface area contributed by atoms with Crippen LogP contribution in [0.2, 0.25) is 0 Å². The first-order valence-electron chi connectivity index (χ1n) is 6.58. The first-order chi connectivity index (χ1) is 8.40. The molecule has 2 N–H and O–H groups in total. The third-order valence-electron chi connectivity index (χ3n) is 3.47. The van der Waals surface area contributed by atoms with E-state index < -0.39 is 18.3 Å². The Morgan fingerprint density at radius 1 is 1.39 bits per heavy atom. The molecule has 1 aliphatic rings. The lowest BCUT2D eigenvalue weighted by Gasteiger charge is -2.36. The number of alkyl halides is 3. The van der Waals surface area contributed by atoms with E-state index in [1.54, 1.807) is 13.8 Å². The molecule has 1 saturated heterocycles. The van der Waals surface area contributed by atoms with Gasteiger partial charge in [-0.2, -0.15) is 13.2 Å². The summed E-state index contributed by atoms with van der Waals surface area (Å²) in [7, 11) is 0. The summed E-state index contributed by atoms with van der Waals surface area (Å²) in [6.45, 7) is 4.71. The third-order valence-corrected chi connectivity index (χ3v) is 3.47. The Bertz CT molecular complexity index is 242. The van der Waals surface area contributed by atoms with Gasteiger partial charge in [0.2, 0.25) is 0 Å². The van der Waals surface area contributed by atoms with Gasteiger partial charge in [0.25, 0.3) is 0 Å². The van der Waals surface area contributed by atoms with Gasteiger partial charge in [0.15, 0.2) is 0 Å². The molecule has 0 aromatic rings. The van der Waals surface area contributed by atoms with Crippen LogP contribution in [0.1, 0.15) is 33.1 Å². The zero-order valence-electron chi connectivity index (χ0n) is 11.0. The SMILES string of the molecule is CCC(N)C(N(CC)CC1CCCO1)C(F)(F)F. The van der Waals surface area contributed by atoms with Crippen LogP contribution in [0.15, 0.2) is 0 Å². The molecule has 0 spiro atoms. The van der Waals surface area contributed by atoms with Gasteiger partial charge < -0.3 is 10.5 Å². The largest absolute Gasteiger partial charge is 0.405 e. The van der Waals surface area contributed by atoms with Gasteiger partial charge in [0.1, 0.15) is 6.04 Å². The molecule has 0 aromatic heterocycles. The normalized spacial score (nSPS) is 24.5. The third kappa shape index (κ3) is 4.10. The highest BCUT2D eigenvalue weighted by atomic mass is 19.4. The summed E-state index contributed by atoms with van der Waals surface area (Å²) in [6, 6.07) is -2.46. The van der Waals surface area contributed by atoms with Crippen molar-refractivity contribution in [3.05, 3.63) is 0 Å². The number of halogens is 3. The lowest BCUT2D eigenvalue weighted by atomic mass is 10.0. The van der Waals surface area contributed by atoms with Crippen LogP contribution in [0.5, 0.6) is 0 Å². The van der Waals surface area contributed by atoms with Crippen molar-refractivity contribution < 1.29 is 17.9 Å². The highest BCUT2D eigenvalue weighted by molar-refractivity contribution is 4.88. The van der Waals surface area contributed by atoms with E-state index in [2.05, 4.69) is 0 Å². The van der Waals surface area contributed by atoms with Gasteiger partial charge in [-0.3, -0.25) is 4.90 Å². The lowest BCUT2D eigenvalue weighted by Crippen LogP contribution is -2.57. The van der Waals surface area contributed by atoms with Crippen molar-refractivity contribution in [1.82, 2.24) is 4.90 Å². The molecule has 18 heavy (non-hydrogen) atoms. The average molecular weight is 268 g/mol. The summed E-state index contributed by atoms with van der Waals surface area (Å²) in [5, 5.41) is 0. The van der Waals surface area contributed by atoms with Crippen LogP contribution < -0.4 is 5.73 Å². The summed E-state index contributed by atoms with van der Waals surface area (Å²) in [5.74, 6) is 0. The van der Waals surface area contributed by atoms with Gasteiger partial charge in [0.05, 0.1) is 6.10 Å². The van der Waals surface area contributed by atoms with E-state index >= 15 is 0 Å². The monoisotopic (exact) mass is 268 g/mol. The molecule has 3 unspecified atom stereocenters. The van der Waals surface area contributed by atoms with Crippen molar-refractivity contribution in [1.29, 1.82) is 0 Å². The molecule has 0 amide bonds. The van der Waals surface area contributed by atoms with Crippen molar-refractivity contribution in [3.63, 3.8) is 0 Å². The van der Waals surface area contributed by atoms with E-state index in [0.29, 0.717) is 26.1 Å². The first kappa shape index (κ1) is 15.7. The summed E-state index contributed by atoms with van der Waals surface area (Å²) in [5.41, 5.74) is 5.65. The Hall–Kier alpha value is -0.330. The Balaban J connectivity index is 2.72. The molecule has 1 heterocycles. The standard InChI is InChI=1S/C12H23F3N2O/c1-3-10(16)11(12(13,14)15)17(4-2)8-9-6-5-7-18-9/h9-11H,3-8,16H2,1-2H3. The maximum absolute atomic E-state index is 13.1. The van der Waals surface area contributed by atoms with Crippen LogP contribution >= 0.6 is 0 Å². The maximum atomic E-state index is 13.1. The predicted octanol–water partition coefficient (Wildman–Crippen LogP) is 2.16. The minimum atomic E-state index is -4.29. The van der Waals surface area contributed by atoms with Crippen LogP contribution in [0.3, 0.4) is 0 Å². The fourth-order valence-corrected chi connectivity index (χ4v) is 2.43. The van der Waals surface area contributed by atoms with Crippen LogP contribution in [0.25, 0.3) is 0 Å². The summed E-state index contributed by atoms with van der Waals surface area (Å²) in [4.78, 5) is 1.41. The first-order valence-corrected chi connectivity index (χ1v) is 6.58. The van der Waals surface area contributed by atoms with Gasteiger partial charge in [-0.15, -0.1) is 0 Å². The quantitative estimate of drug-likeness (QED) is 0.802. The smallest absolute Gasteiger partial charge is 0.377 e. The van der Waals surface area contributed by atoms with Crippen molar-refractivity contribution in [2.45, 2.75) is 57.5 Å². The van der Waals surface area contributed by atoms with Crippen molar-refractivity contribution >= 4 is 0 Å². The molecule has 0 saturated carbocycles. The topological polar surface area (TPSA) is 38.5 Å². The predicted molar refractivity (Wildman–Crippen MR) is 64.3 cm³/mol. The molecule has 0 bridgehead atoms. The molecule has 0 aliphatic carbocycles. The zero-order chi connectivity index (χ0) is 13.8. The average Bonchev–Trinajstić information content (AvgIpc) is 2.78. The molecule has 0 radical (unpaired) electrons. The number of hydrogen-bond acceptors (Lipinski definition) is 3. The van der Waals surface area contributed by atoms with Gasteiger partial charge in [-0.1, -0.05) is 13.8 Å². The van der Waals surface area contributed by atoms with Crippen LogP contribution in [-0.2, 0) is 4.74 Å². The van der Waals surface area contributed by atoms with E-state index in [4.69, 9.17) is 10.5 Å². The number of ether oxygens (including phenoxy) is 1. The molecule has 3 atom stereocenters. The van der Waals surface area contributed by atoms with Gasteiger partial charge in [0, 0.05) is 19.2 Å². The number of nitrogens with zero attached hydrogens (tertiary/aromatic N) is 1. The molecule has 3 nitrogen and oxygen atoms in total. The molecule has 1 rings (SSSR count). The minimum absolute atomic E-state index is 0.0844. The zero-order valence-corrected chi connectivity index (χ0v) is 11.0. The summed E-state index contributed by atoms with van der Waals surface area (Å²) in [6.07, 6.45) is -2.30. The van der Waals surface area contributed by atoms with E-state index in [0.717, 1.165) is 12.8 Å². The Morgan fingerprint density at radius 3 is 2.44 bits per heavy atom. The van der Waals surface area contributed by atoms with Crippen LogP contribution in [0, 0.1) is 0 Å². The second kappa shape index (κ2) is 6.73. The summed E-state index contributed by atoms with van der Waals surface area (Å²) >= 11 is 0. The number of hydrogen-bond donors (Lipinski definition) is 1. The van der Waals surface area contributed by atoms with E-state index in [1.165, 1.54) is 4.90 Å². The Labute approximate surface area is 106 Å². The van der Waals surface area contributed by atoms with Crippen molar-refractivity contribution in [2.24, 2.45) is 5.73 Å². The Kier molecular flexibility index (Phi) is 5.88. The minimum Gasteiger partial charge on any atom is -0.377 e. The van der Waals surface area contributed by atoms with E-state index in [-0.39, 0.29) is 6.10 Å². The van der Waals surface area contributed by atoms with Crippen molar-refractivity contribution in [2.75, 3.05) is 19.7 Å². The Morgan fingerprint density at radius 2 is 2.06 bits per heavy atom. The number of nitrogens with two attached hydrogens (primary N) is 1. The van der Waals surface area contributed by atoms with Gasteiger partial charge in [-0.05, 0) is 25.8 Å². The molecular formula is C12H23F3N2O. The van der Waals surface area contributed by atoms with Gasteiger partial charge >= 0.3 is 6.18 Å². The molecule has 1 aliphatic heterocycles. The summed E-state index contributed by atoms with van der Waals surface area (Å²) < 4.78 is 44.7. The second-order valence-corrected chi connectivity index (χ2v) is 4.78. The fraction of sp³-hybridized carbons (Fsp3) is 1.00. The lowest BCUT2D eigenvalue weighted by molar-refractivity contribution is -0.192. The van der Waals surface area contributed by atoms with E-state index in [9.17, 15) is 13.2 Å². The molecule has 108 valence electrons. The molecule has 0 aromatic carbocycles. The molecule has 6 heteroatoms. The highest BCUT2D eigenvalue weighted by Crippen LogP contribution is 2.28. The maximum Gasteiger partial charge on any atom is 0.405 e. The van der Waals surface area contributed by atoms with E-state index in [1.807, 2.05) is 0 Å². The number of likely N-dealkylation sites (N-methyl/N-ethyl adjacent to an activating group) is 1. The van der Waals surface area contributed by atoms with Gasteiger partial charge in [-0.25, -0.2) is 0 Å². The molecule has 1 fully saturated rings. The van der Waals surface area contributed by atoms with Crippen LogP contribution in [-0.4, -0.2) is 49.0 Å². The van der Waals surface area contributed by atoms with Crippen molar-refractivity contribution in [3.8, 4) is 0 Å².